The first-order valence-electron chi connectivity index (χ1n) is 11.3. The van der Waals surface area contributed by atoms with E-state index in [1.54, 1.807) is 42.6 Å². The predicted molar refractivity (Wildman–Crippen MR) is 137 cm³/mol. The topological polar surface area (TPSA) is 115 Å². The van der Waals surface area contributed by atoms with Crippen LogP contribution in [-0.2, 0) is 13.0 Å². The van der Waals surface area contributed by atoms with Crippen molar-refractivity contribution in [3.63, 3.8) is 0 Å². The van der Waals surface area contributed by atoms with Crippen LogP contribution in [0.1, 0.15) is 36.7 Å². The second-order valence-electron chi connectivity index (χ2n) is 8.20. The van der Waals surface area contributed by atoms with Crippen molar-refractivity contribution in [2.24, 2.45) is 0 Å². The van der Waals surface area contributed by atoms with Crippen LogP contribution in [0.4, 0.5) is 21.9 Å². The number of aromatic nitrogens is 3. The third kappa shape index (κ3) is 5.58. The zero-order valence-electron chi connectivity index (χ0n) is 19.4. The van der Waals surface area contributed by atoms with Crippen LogP contribution in [0.25, 0.3) is 11.2 Å². The van der Waals surface area contributed by atoms with E-state index in [2.05, 4.69) is 22.5 Å². The molecule has 35 heavy (non-hydrogen) atoms. The van der Waals surface area contributed by atoms with E-state index < -0.39 is 11.0 Å². The van der Waals surface area contributed by atoms with Crippen LogP contribution in [0, 0.1) is 17.0 Å². The zero-order valence-corrected chi connectivity index (χ0v) is 20.2. The molecule has 0 fully saturated rings. The number of nitrogens with one attached hydrogen (secondary N) is 2. The molecule has 2 aromatic heterocycles. The van der Waals surface area contributed by atoms with Gasteiger partial charge in [0.05, 0.1) is 23.4 Å². The molecule has 0 aliphatic carbocycles. The van der Waals surface area contributed by atoms with E-state index in [0.717, 1.165) is 36.2 Å². The van der Waals surface area contributed by atoms with Crippen molar-refractivity contribution in [1.82, 2.24) is 14.5 Å². The molecule has 0 aliphatic heterocycles. The predicted octanol–water partition coefficient (Wildman–Crippen LogP) is 6.34. The smallest absolute Gasteiger partial charge is 0.308 e. The van der Waals surface area contributed by atoms with Crippen molar-refractivity contribution in [3.8, 4) is 0 Å². The third-order valence-electron chi connectivity index (χ3n) is 5.66. The minimum Gasteiger partial charge on any atom is -0.308 e. The molecular weight excluding hydrogens is 468 g/mol. The Hall–Kier alpha value is -3.98. The SMILES string of the molecule is CCCCc1nc2c(C)c(NC(=O)Nc3ccc(Cl)cc3)cnc2n1Cc1cccc([N+](=O)[O-])c1. The molecule has 2 heterocycles. The molecule has 2 N–H and O–H groups in total. The van der Waals surface area contributed by atoms with Crippen molar-refractivity contribution in [2.75, 3.05) is 10.6 Å². The van der Waals surface area contributed by atoms with Crippen molar-refractivity contribution in [2.45, 2.75) is 39.7 Å². The second-order valence-corrected chi connectivity index (χ2v) is 8.64. The van der Waals surface area contributed by atoms with Gasteiger partial charge in [-0.1, -0.05) is 37.1 Å². The second kappa shape index (κ2) is 10.5. The largest absolute Gasteiger partial charge is 0.323 e. The number of carbonyl (C=O) groups excluding carboxylic acids is 1. The average Bonchev–Trinajstić information content (AvgIpc) is 3.19. The standard InChI is InChI=1S/C25H25ClN6O3/c1-3-4-8-22-30-23-16(2)21(29-25(33)28-19-11-9-18(26)10-12-19)14-27-24(23)31(22)15-17-6-5-7-20(13-17)32(34)35/h5-7,9-14H,3-4,8,15H2,1-2H3,(H2,28,29,33). The Labute approximate surface area is 207 Å². The first-order valence-corrected chi connectivity index (χ1v) is 11.6. The summed E-state index contributed by atoms with van der Waals surface area (Å²) in [6, 6.07) is 13.0. The molecule has 0 bridgehead atoms. The highest BCUT2D eigenvalue weighted by Crippen LogP contribution is 2.26. The number of non-ortho nitro benzene ring substituents is 1. The van der Waals surface area contributed by atoms with Gasteiger partial charge in [0.15, 0.2) is 5.65 Å². The fourth-order valence-electron chi connectivity index (χ4n) is 3.81. The molecule has 4 aromatic rings. The monoisotopic (exact) mass is 492 g/mol. The van der Waals surface area contributed by atoms with Crippen molar-refractivity contribution in [3.05, 3.63) is 86.8 Å². The minimum atomic E-state index is -0.404. The average molecular weight is 493 g/mol. The number of unbranched alkanes of at least 4 members (excludes halogenated alkanes) is 1. The number of imidazole rings is 1. The number of hydrogen-bond acceptors (Lipinski definition) is 5. The Morgan fingerprint density at radius 1 is 1.17 bits per heavy atom. The third-order valence-corrected chi connectivity index (χ3v) is 5.91. The van der Waals surface area contributed by atoms with Gasteiger partial charge in [-0.15, -0.1) is 0 Å². The normalized spacial score (nSPS) is 10.9. The molecule has 9 nitrogen and oxygen atoms in total. The van der Waals surface area contributed by atoms with Crippen molar-refractivity contribution < 1.29 is 9.72 Å². The number of benzene rings is 2. The summed E-state index contributed by atoms with van der Waals surface area (Å²) in [5, 5.41) is 17.4. The lowest BCUT2D eigenvalue weighted by Gasteiger charge is -2.11. The molecule has 0 spiro atoms. The molecule has 0 atom stereocenters. The molecule has 10 heteroatoms. The van der Waals surface area contributed by atoms with E-state index in [-0.39, 0.29) is 5.69 Å². The first kappa shape index (κ1) is 24.2. The number of carbonyl (C=O) groups is 1. The summed E-state index contributed by atoms with van der Waals surface area (Å²) in [5.41, 5.74) is 4.14. The van der Waals surface area contributed by atoms with Gasteiger partial charge in [0.2, 0.25) is 0 Å². The Morgan fingerprint density at radius 2 is 1.94 bits per heavy atom. The molecule has 2 amide bonds. The Morgan fingerprint density at radius 3 is 2.66 bits per heavy atom. The van der Waals surface area contributed by atoms with Crippen LogP contribution in [0.2, 0.25) is 5.02 Å². The fraction of sp³-hybridized carbons (Fsp3) is 0.240. The number of nitrogens with zero attached hydrogens (tertiary/aromatic N) is 4. The lowest BCUT2D eigenvalue weighted by atomic mass is 10.2. The number of fused-ring (bicyclic) bond motifs is 1. The van der Waals surface area contributed by atoms with Crippen LogP contribution >= 0.6 is 11.6 Å². The number of nitro benzene ring substituents is 1. The van der Waals surface area contributed by atoms with Crippen LogP contribution in [0.15, 0.2) is 54.7 Å². The summed E-state index contributed by atoms with van der Waals surface area (Å²) in [6.07, 6.45) is 4.31. The van der Waals surface area contributed by atoms with Gasteiger partial charge >= 0.3 is 6.03 Å². The molecule has 0 unspecified atom stereocenters. The molecule has 0 saturated heterocycles. The van der Waals surface area contributed by atoms with Crippen LogP contribution in [0.5, 0.6) is 0 Å². The number of pyridine rings is 1. The summed E-state index contributed by atoms with van der Waals surface area (Å²) < 4.78 is 1.99. The quantitative estimate of drug-likeness (QED) is 0.220. The van der Waals surface area contributed by atoms with Crippen LogP contribution < -0.4 is 10.6 Å². The van der Waals surface area contributed by atoms with E-state index in [9.17, 15) is 14.9 Å². The molecule has 0 aliphatic rings. The fourth-order valence-corrected chi connectivity index (χ4v) is 3.93. The molecule has 2 aromatic carbocycles. The van der Waals surface area contributed by atoms with Gasteiger partial charge in [0.25, 0.3) is 5.69 Å². The van der Waals surface area contributed by atoms with E-state index in [4.69, 9.17) is 16.6 Å². The molecular formula is C25H25ClN6O3. The van der Waals surface area contributed by atoms with E-state index in [0.29, 0.717) is 34.1 Å². The van der Waals surface area contributed by atoms with Gasteiger partial charge in [0.1, 0.15) is 11.3 Å². The number of rotatable bonds is 8. The zero-order chi connectivity index (χ0) is 24.9. The maximum atomic E-state index is 12.5. The van der Waals surface area contributed by atoms with Gasteiger partial charge < -0.3 is 15.2 Å². The molecule has 180 valence electrons. The van der Waals surface area contributed by atoms with Gasteiger partial charge in [-0.3, -0.25) is 10.1 Å². The van der Waals surface area contributed by atoms with Gasteiger partial charge in [-0.2, -0.15) is 0 Å². The lowest BCUT2D eigenvalue weighted by Crippen LogP contribution is -2.20. The maximum Gasteiger partial charge on any atom is 0.323 e. The highest BCUT2D eigenvalue weighted by molar-refractivity contribution is 6.30. The highest BCUT2D eigenvalue weighted by atomic mass is 35.5. The van der Waals surface area contributed by atoms with E-state index in [1.165, 1.54) is 6.07 Å². The molecule has 4 rings (SSSR count). The molecule has 0 radical (unpaired) electrons. The lowest BCUT2D eigenvalue weighted by molar-refractivity contribution is -0.384. The number of halogens is 1. The minimum absolute atomic E-state index is 0.0457. The maximum absolute atomic E-state index is 12.5. The number of hydrogen-bond donors (Lipinski definition) is 2. The van der Waals surface area contributed by atoms with E-state index >= 15 is 0 Å². The van der Waals surface area contributed by atoms with Crippen LogP contribution in [0.3, 0.4) is 0 Å². The highest BCUT2D eigenvalue weighted by Gasteiger charge is 2.18. The Bertz CT molecular complexity index is 1380. The van der Waals surface area contributed by atoms with Gasteiger partial charge in [-0.05, 0) is 43.2 Å². The summed E-state index contributed by atoms with van der Waals surface area (Å²) in [7, 11) is 0. The number of aryl methyl sites for hydroxylation is 2. The van der Waals surface area contributed by atoms with E-state index in [1.807, 2.05) is 17.6 Å². The Kier molecular flexibility index (Phi) is 7.26. The molecule has 0 saturated carbocycles. The number of nitro groups is 1. The van der Waals surface area contributed by atoms with Gasteiger partial charge in [0, 0.05) is 34.8 Å². The van der Waals surface area contributed by atoms with Gasteiger partial charge in [-0.25, -0.2) is 14.8 Å². The Balaban J connectivity index is 1.64. The first-order chi connectivity index (χ1) is 16.9. The number of anilines is 2. The summed E-state index contributed by atoms with van der Waals surface area (Å²) in [6.45, 7) is 4.40. The summed E-state index contributed by atoms with van der Waals surface area (Å²) in [5.74, 6) is 0.853. The summed E-state index contributed by atoms with van der Waals surface area (Å²) >= 11 is 5.90. The van der Waals surface area contributed by atoms with Crippen molar-refractivity contribution >= 4 is 45.9 Å². The van der Waals surface area contributed by atoms with Crippen molar-refractivity contribution in [1.29, 1.82) is 0 Å². The number of urea groups is 1. The summed E-state index contributed by atoms with van der Waals surface area (Å²) in [4.78, 5) is 32.8. The van der Waals surface area contributed by atoms with Crippen LogP contribution in [-0.4, -0.2) is 25.5 Å². The number of amides is 2.